The van der Waals surface area contributed by atoms with Crippen molar-refractivity contribution < 1.29 is 0 Å². The highest BCUT2D eigenvalue weighted by molar-refractivity contribution is 5.37. The van der Waals surface area contributed by atoms with E-state index in [1.807, 2.05) is 0 Å². The van der Waals surface area contributed by atoms with Gasteiger partial charge in [-0.15, -0.1) is 12.3 Å². The third-order valence-corrected chi connectivity index (χ3v) is 3.85. The van der Waals surface area contributed by atoms with E-state index >= 15 is 0 Å². The SMILES string of the molecule is C#CCC12C3[C@H]1CC[C@@H]32. The molecule has 4 aliphatic carbocycles. The molecule has 0 spiro atoms. The number of fused-ring (bicyclic) bond motifs is 1. The first-order chi connectivity index (χ1) is 4.41. The number of hydrogen-bond acceptors (Lipinski definition) is 0. The quantitative estimate of drug-likeness (QED) is 0.459. The van der Waals surface area contributed by atoms with E-state index in [0.717, 1.165) is 29.6 Å². The molecular weight excluding hydrogens is 108 g/mol. The summed E-state index contributed by atoms with van der Waals surface area (Å²) in [7, 11) is 0. The van der Waals surface area contributed by atoms with Crippen LogP contribution in [0.4, 0.5) is 0 Å². The topological polar surface area (TPSA) is 0 Å². The molecule has 0 heteroatoms. The summed E-state index contributed by atoms with van der Waals surface area (Å²) in [6.45, 7) is 0. The molecule has 2 bridgehead atoms. The summed E-state index contributed by atoms with van der Waals surface area (Å²) in [5.41, 5.74) is 0.759. The van der Waals surface area contributed by atoms with Gasteiger partial charge in [-0.3, -0.25) is 0 Å². The maximum absolute atomic E-state index is 5.28. The van der Waals surface area contributed by atoms with Crippen molar-refractivity contribution in [2.75, 3.05) is 0 Å². The van der Waals surface area contributed by atoms with Crippen LogP contribution in [0.3, 0.4) is 0 Å². The Balaban J connectivity index is 1.90. The normalized spacial score (nSPS) is 64.6. The molecule has 4 fully saturated rings. The van der Waals surface area contributed by atoms with Gasteiger partial charge in [0.25, 0.3) is 0 Å². The zero-order chi connectivity index (χ0) is 6.06. The van der Waals surface area contributed by atoms with Crippen LogP contribution in [0, 0.1) is 35.5 Å². The molecule has 0 aliphatic heterocycles. The maximum atomic E-state index is 5.28. The van der Waals surface area contributed by atoms with Gasteiger partial charge in [-0.25, -0.2) is 0 Å². The van der Waals surface area contributed by atoms with Crippen molar-refractivity contribution in [1.29, 1.82) is 0 Å². The highest BCUT2D eigenvalue weighted by Crippen LogP contribution is 2.92. The fourth-order valence-electron chi connectivity index (χ4n) is 3.40. The minimum absolute atomic E-state index is 0.759. The summed E-state index contributed by atoms with van der Waals surface area (Å²) in [6.07, 6.45) is 9.37. The zero-order valence-corrected chi connectivity index (χ0v) is 5.43. The van der Waals surface area contributed by atoms with Gasteiger partial charge in [0.05, 0.1) is 0 Å². The van der Waals surface area contributed by atoms with Crippen LogP contribution in [0.15, 0.2) is 0 Å². The second-order valence-corrected chi connectivity index (χ2v) is 3.81. The Bertz CT molecular complexity index is 187. The van der Waals surface area contributed by atoms with E-state index in [0.29, 0.717) is 0 Å². The average molecular weight is 118 g/mol. The molecule has 4 rings (SSSR count). The Kier molecular flexibility index (Phi) is 0.460. The summed E-state index contributed by atoms with van der Waals surface area (Å²) < 4.78 is 0. The van der Waals surface area contributed by atoms with E-state index in [4.69, 9.17) is 6.42 Å². The van der Waals surface area contributed by atoms with E-state index < -0.39 is 0 Å². The van der Waals surface area contributed by atoms with Crippen LogP contribution < -0.4 is 0 Å². The molecule has 0 amide bonds. The molecular formula is C9H10. The Labute approximate surface area is 55.6 Å². The fraction of sp³-hybridized carbons (Fsp3) is 0.778. The van der Waals surface area contributed by atoms with E-state index in [9.17, 15) is 0 Å². The standard InChI is InChI=1S/C9H10/c1-2-5-9-6-3-4-7(9)8(6)9/h1,6-8H,3-5H2/t6-,7+,8?,9?. The summed E-state index contributed by atoms with van der Waals surface area (Å²) >= 11 is 0. The van der Waals surface area contributed by atoms with Crippen LogP contribution in [-0.4, -0.2) is 0 Å². The van der Waals surface area contributed by atoms with Crippen LogP contribution >= 0.6 is 0 Å². The van der Waals surface area contributed by atoms with Crippen LogP contribution in [0.5, 0.6) is 0 Å². The second-order valence-electron chi connectivity index (χ2n) is 3.81. The van der Waals surface area contributed by atoms with Gasteiger partial charge in [0.2, 0.25) is 0 Å². The first kappa shape index (κ1) is 4.39. The molecule has 0 N–H and O–H groups in total. The first-order valence-corrected chi connectivity index (χ1v) is 3.84. The van der Waals surface area contributed by atoms with Gasteiger partial charge in [0.15, 0.2) is 0 Å². The van der Waals surface area contributed by atoms with Crippen molar-refractivity contribution in [3.8, 4) is 12.3 Å². The first-order valence-electron chi connectivity index (χ1n) is 3.84. The lowest BCUT2D eigenvalue weighted by Crippen LogP contribution is -1.95. The molecule has 2 unspecified atom stereocenters. The molecule has 4 saturated carbocycles. The molecule has 0 aromatic rings. The average Bonchev–Trinajstić information content (AvgIpc) is 2.56. The number of rotatable bonds is 1. The second kappa shape index (κ2) is 0.944. The summed E-state index contributed by atoms with van der Waals surface area (Å²) in [5, 5.41) is 0. The van der Waals surface area contributed by atoms with Crippen molar-refractivity contribution in [1.82, 2.24) is 0 Å². The zero-order valence-electron chi connectivity index (χ0n) is 5.43. The molecule has 0 nitrogen and oxygen atoms in total. The Morgan fingerprint density at radius 2 is 2.11 bits per heavy atom. The van der Waals surface area contributed by atoms with E-state index in [1.54, 1.807) is 0 Å². The Morgan fingerprint density at radius 1 is 1.44 bits per heavy atom. The summed E-state index contributed by atoms with van der Waals surface area (Å²) in [5.74, 6) is 6.12. The predicted molar refractivity (Wildman–Crippen MR) is 35.6 cm³/mol. The smallest absolute Gasteiger partial charge is 0.0151 e. The van der Waals surface area contributed by atoms with Gasteiger partial charge in [-0.2, -0.15) is 0 Å². The largest absolute Gasteiger partial charge is 0.120 e. The van der Waals surface area contributed by atoms with Gasteiger partial charge in [0.1, 0.15) is 0 Å². The van der Waals surface area contributed by atoms with E-state index in [1.165, 1.54) is 12.8 Å². The minimum atomic E-state index is 0.759. The Morgan fingerprint density at radius 3 is 2.56 bits per heavy atom. The molecule has 0 aromatic heterocycles. The third kappa shape index (κ3) is 0.250. The minimum Gasteiger partial charge on any atom is -0.120 e. The molecule has 0 radical (unpaired) electrons. The number of hydrogen-bond donors (Lipinski definition) is 0. The van der Waals surface area contributed by atoms with Crippen LogP contribution in [0.2, 0.25) is 0 Å². The fourth-order valence-corrected chi connectivity index (χ4v) is 3.40. The van der Waals surface area contributed by atoms with Gasteiger partial charge in [-0.1, -0.05) is 0 Å². The third-order valence-electron chi connectivity index (χ3n) is 3.85. The highest BCUT2D eigenvalue weighted by Gasteiger charge is 2.87. The van der Waals surface area contributed by atoms with Gasteiger partial charge < -0.3 is 0 Å². The summed E-state index contributed by atoms with van der Waals surface area (Å²) in [4.78, 5) is 0. The van der Waals surface area contributed by atoms with Crippen LogP contribution in [0.25, 0.3) is 0 Å². The predicted octanol–water partition coefficient (Wildman–Crippen LogP) is 1.67. The molecule has 4 atom stereocenters. The van der Waals surface area contributed by atoms with E-state index in [-0.39, 0.29) is 0 Å². The number of terminal acetylenes is 1. The Hall–Kier alpha value is -0.440. The molecule has 0 saturated heterocycles. The molecule has 0 aromatic carbocycles. The lowest BCUT2D eigenvalue weighted by molar-refractivity contribution is 0.502. The van der Waals surface area contributed by atoms with Crippen LogP contribution in [-0.2, 0) is 0 Å². The lowest BCUT2D eigenvalue weighted by atomic mass is 10.0. The van der Waals surface area contributed by atoms with Crippen molar-refractivity contribution in [3.05, 3.63) is 0 Å². The van der Waals surface area contributed by atoms with E-state index in [2.05, 4.69) is 5.92 Å². The molecule has 0 heterocycles. The summed E-state index contributed by atoms with van der Waals surface area (Å²) in [6, 6.07) is 0. The molecule has 46 valence electrons. The van der Waals surface area contributed by atoms with Crippen molar-refractivity contribution in [3.63, 3.8) is 0 Å². The molecule has 4 aliphatic rings. The van der Waals surface area contributed by atoms with Gasteiger partial charge in [0, 0.05) is 6.42 Å². The maximum Gasteiger partial charge on any atom is 0.0151 e. The van der Waals surface area contributed by atoms with Crippen molar-refractivity contribution >= 4 is 0 Å². The van der Waals surface area contributed by atoms with Crippen molar-refractivity contribution in [2.24, 2.45) is 23.2 Å². The van der Waals surface area contributed by atoms with Crippen molar-refractivity contribution in [2.45, 2.75) is 19.3 Å². The van der Waals surface area contributed by atoms with Gasteiger partial charge in [-0.05, 0) is 36.0 Å². The lowest BCUT2D eigenvalue weighted by Gasteiger charge is -2.00. The monoisotopic (exact) mass is 118 g/mol. The van der Waals surface area contributed by atoms with Crippen LogP contribution in [0.1, 0.15) is 19.3 Å². The van der Waals surface area contributed by atoms with Gasteiger partial charge >= 0.3 is 0 Å². The molecule has 9 heavy (non-hydrogen) atoms. The highest BCUT2D eigenvalue weighted by atomic mass is 14.9.